The number of fused-ring (bicyclic) bond motifs is 3. The summed E-state index contributed by atoms with van der Waals surface area (Å²) >= 11 is 0. The van der Waals surface area contributed by atoms with Gasteiger partial charge in [0.15, 0.2) is 11.5 Å². The number of hydrogen-bond donors (Lipinski definition) is 0. The Bertz CT molecular complexity index is 1170. The fourth-order valence-corrected chi connectivity index (χ4v) is 3.28. The number of rotatable bonds is 3. The van der Waals surface area contributed by atoms with E-state index in [4.69, 9.17) is 4.74 Å². The highest BCUT2D eigenvalue weighted by Gasteiger charge is 2.50. The molecule has 0 unspecified atom stereocenters. The van der Waals surface area contributed by atoms with Gasteiger partial charge in [-0.1, -0.05) is 42.5 Å². The molecule has 1 aliphatic rings. The van der Waals surface area contributed by atoms with Gasteiger partial charge in [0.25, 0.3) is 0 Å². The zero-order valence-electron chi connectivity index (χ0n) is 14.1. The van der Waals surface area contributed by atoms with E-state index in [-0.39, 0.29) is 11.5 Å². The molecule has 0 N–H and O–H groups in total. The molecule has 144 valence electrons. The standard InChI is InChI=1S/C19H12F3NO4S/c20-19(21,22)28(24,25)27-18-15-10-6-12-23(15)14-9-4-5-11-16(14)26-17(18)13-7-2-1-3-8-13/h1-12H. The number of ether oxygens (including phenoxy) is 1. The van der Waals surface area contributed by atoms with Crippen molar-refractivity contribution in [1.29, 1.82) is 0 Å². The van der Waals surface area contributed by atoms with Gasteiger partial charge in [0.2, 0.25) is 5.76 Å². The van der Waals surface area contributed by atoms with E-state index in [0.717, 1.165) is 0 Å². The third-order valence-corrected chi connectivity index (χ3v) is 4.99. The van der Waals surface area contributed by atoms with Crippen molar-refractivity contribution in [3.05, 3.63) is 84.2 Å². The number of hydrogen-bond acceptors (Lipinski definition) is 4. The SMILES string of the molecule is O=S(=O)(OC1=C(c2ccccc2)Oc2ccccc2-n2cccc21)C(F)(F)F. The van der Waals surface area contributed by atoms with E-state index in [2.05, 4.69) is 4.18 Å². The van der Waals surface area contributed by atoms with Gasteiger partial charge >= 0.3 is 15.6 Å². The van der Waals surface area contributed by atoms with E-state index in [9.17, 15) is 21.6 Å². The van der Waals surface area contributed by atoms with Crippen molar-refractivity contribution in [3.8, 4) is 11.4 Å². The third-order valence-electron chi connectivity index (χ3n) is 4.04. The van der Waals surface area contributed by atoms with Gasteiger partial charge in [-0.05, 0) is 24.3 Å². The van der Waals surface area contributed by atoms with Crippen molar-refractivity contribution >= 4 is 21.6 Å². The van der Waals surface area contributed by atoms with Crippen molar-refractivity contribution < 1.29 is 30.5 Å². The number of alkyl halides is 3. The van der Waals surface area contributed by atoms with Crippen LogP contribution in [0.3, 0.4) is 0 Å². The van der Waals surface area contributed by atoms with Crippen LogP contribution in [0.4, 0.5) is 13.2 Å². The minimum atomic E-state index is -5.91. The highest BCUT2D eigenvalue weighted by Crippen LogP contribution is 2.40. The molecule has 5 nitrogen and oxygen atoms in total. The molecule has 0 atom stereocenters. The first-order valence-corrected chi connectivity index (χ1v) is 9.44. The Balaban J connectivity index is 2.00. The Hall–Kier alpha value is -3.20. The van der Waals surface area contributed by atoms with Gasteiger partial charge in [0.05, 0.1) is 11.4 Å². The van der Waals surface area contributed by atoms with E-state index in [1.807, 2.05) is 0 Å². The van der Waals surface area contributed by atoms with Gasteiger partial charge < -0.3 is 13.5 Å². The maximum absolute atomic E-state index is 13.0. The highest BCUT2D eigenvalue weighted by atomic mass is 32.2. The van der Waals surface area contributed by atoms with Crippen molar-refractivity contribution in [2.24, 2.45) is 0 Å². The van der Waals surface area contributed by atoms with E-state index in [0.29, 0.717) is 17.0 Å². The molecule has 2 heterocycles. The summed E-state index contributed by atoms with van der Waals surface area (Å²) in [5.74, 6) is -0.357. The first-order chi connectivity index (χ1) is 13.3. The van der Waals surface area contributed by atoms with E-state index in [1.54, 1.807) is 66.9 Å². The summed E-state index contributed by atoms with van der Waals surface area (Å²) in [6, 6.07) is 18.0. The third kappa shape index (κ3) is 3.03. The molecule has 0 fully saturated rings. The highest BCUT2D eigenvalue weighted by molar-refractivity contribution is 7.87. The second kappa shape index (κ2) is 6.45. The number of para-hydroxylation sites is 2. The van der Waals surface area contributed by atoms with E-state index in [1.165, 1.54) is 10.6 Å². The zero-order chi connectivity index (χ0) is 19.9. The van der Waals surface area contributed by atoms with Gasteiger partial charge in [0, 0.05) is 11.8 Å². The van der Waals surface area contributed by atoms with Crippen molar-refractivity contribution in [3.63, 3.8) is 0 Å². The molecule has 0 bridgehead atoms. The van der Waals surface area contributed by atoms with Gasteiger partial charge in [-0.2, -0.15) is 21.6 Å². The molecule has 0 saturated carbocycles. The first-order valence-electron chi connectivity index (χ1n) is 8.03. The molecule has 0 spiro atoms. The molecular formula is C19H12F3NO4S. The molecule has 0 amide bonds. The summed E-state index contributed by atoms with van der Waals surface area (Å²) in [6.45, 7) is 0. The molecule has 0 aliphatic carbocycles. The monoisotopic (exact) mass is 407 g/mol. The molecule has 4 rings (SSSR count). The Morgan fingerprint density at radius 1 is 0.893 bits per heavy atom. The van der Waals surface area contributed by atoms with Crippen molar-refractivity contribution in [1.82, 2.24) is 4.57 Å². The summed E-state index contributed by atoms with van der Waals surface area (Å²) in [5, 5.41) is 0. The molecule has 3 aromatic rings. The number of benzene rings is 2. The van der Waals surface area contributed by atoms with E-state index < -0.39 is 21.4 Å². The molecule has 2 aromatic carbocycles. The normalized spacial score (nSPS) is 14.0. The van der Waals surface area contributed by atoms with Crippen LogP contribution >= 0.6 is 0 Å². The smallest absolute Gasteiger partial charge is 0.450 e. The van der Waals surface area contributed by atoms with Crippen LogP contribution < -0.4 is 4.74 Å². The number of aromatic nitrogens is 1. The number of halogens is 3. The maximum atomic E-state index is 13.0. The van der Waals surface area contributed by atoms with Crippen LogP contribution in [0.25, 0.3) is 17.2 Å². The zero-order valence-corrected chi connectivity index (χ0v) is 14.9. The van der Waals surface area contributed by atoms with Crippen LogP contribution in [-0.2, 0) is 14.3 Å². The molecule has 0 saturated heterocycles. The molecule has 1 aliphatic heterocycles. The van der Waals surface area contributed by atoms with Crippen LogP contribution in [-0.4, -0.2) is 18.5 Å². The van der Waals surface area contributed by atoms with Crippen LogP contribution in [0, 0.1) is 0 Å². The molecule has 9 heteroatoms. The van der Waals surface area contributed by atoms with Crippen LogP contribution in [0.5, 0.6) is 5.75 Å². The summed E-state index contributed by atoms with van der Waals surface area (Å²) in [7, 11) is -5.91. The second-order valence-electron chi connectivity index (χ2n) is 5.84. The summed E-state index contributed by atoms with van der Waals surface area (Å²) in [4.78, 5) is 0. The summed E-state index contributed by atoms with van der Waals surface area (Å²) in [6.07, 6.45) is 1.58. The minimum Gasteiger partial charge on any atom is -0.450 e. The lowest BCUT2D eigenvalue weighted by molar-refractivity contribution is -0.0509. The Kier molecular flexibility index (Phi) is 4.19. The maximum Gasteiger partial charge on any atom is 0.534 e. The predicted molar refractivity (Wildman–Crippen MR) is 95.7 cm³/mol. The fraction of sp³-hybridized carbons (Fsp3) is 0.0526. The molecule has 1 aromatic heterocycles. The van der Waals surface area contributed by atoms with Gasteiger partial charge in [-0.3, -0.25) is 0 Å². The lowest BCUT2D eigenvalue weighted by atomic mass is 10.1. The fourth-order valence-electron chi connectivity index (χ4n) is 2.81. The second-order valence-corrected chi connectivity index (χ2v) is 7.38. The molecule has 0 radical (unpaired) electrons. The first kappa shape index (κ1) is 18.2. The van der Waals surface area contributed by atoms with Crippen LogP contribution in [0.15, 0.2) is 72.9 Å². The lowest BCUT2D eigenvalue weighted by Gasteiger charge is -2.15. The predicted octanol–water partition coefficient (Wildman–Crippen LogP) is 4.56. The topological polar surface area (TPSA) is 57.5 Å². The lowest BCUT2D eigenvalue weighted by Crippen LogP contribution is -2.25. The molecule has 28 heavy (non-hydrogen) atoms. The minimum absolute atomic E-state index is 0.108. The summed E-state index contributed by atoms with van der Waals surface area (Å²) < 4.78 is 74.5. The summed E-state index contributed by atoms with van der Waals surface area (Å²) in [5.41, 5.74) is -4.59. The van der Waals surface area contributed by atoms with Crippen LogP contribution in [0.2, 0.25) is 0 Å². The average molecular weight is 407 g/mol. The number of nitrogens with zero attached hydrogens (tertiary/aromatic N) is 1. The van der Waals surface area contributed by atoms with Crippen molar-refractivity contribution in [2.75, 3.05) is 0 Å². The van der Waals surface area contributed by atoms with Crippen LogP contribution in [0.1, 0.15) is 11.3 Å². The van der Waals surface area contributed by atoms with Gasteiger partial charge in [-0.25, -0.2) is 0 Å². The van der Waals surface area contributed by atoms with Gasteiger partial charge in [0.1, 0.15) is 0 Å². The quantitative estimate of drug-likeness (QED) is 0.472. The average Bonchev–Trinajstić information content (AvgIpc) is 3.10. The molecular weight excluding hydrogens is 395 g/mol. The van der Waals surface area contributed by atoms with Crippen molar-refractivity contribution in [2.45, 2.75) is 5.51 Å². The Labute approximate surface area is 158 Å². The Morgan fingerprint density at radius 2 is 1.57 bits per heavy atom. The Morgan fingerprint density at radius 3 is 2.29 bits per heavy atom. The van der Waals surface area contributed by atoms with E-state index >= 15 is 0 Å². The van der Waals surface area contributed by atoms with Gasteiger partial charge in [-0.15, -0.1) is 0 Å². The largest absolute Gasteiger partial charge is 0.534 e.